The van der Waals surface area contributed by atoms with Crippen molar-refractivity contribution in [1.29, 1.82) is 0 Å². The third-order valence-corrected chi connectivity index (χ3v) is 6.40. The van der Waals surface area contributed by atoms with Gasteiger partial charge in [0, 0.05) is 21.3 Å². The number of benzene rings is 3. The van der Waals surface area contributed by atoms with Crippen LogP contribution in [0.4, 0.5) is 10.5 Å². The van der Waals surface area contributed by atoms with Crippen molar-refractivity contribution in [2.75, 3.05) is 11.9 Å². The van der Waals surface area contributed by atoms with Gasteiger partial charge < -0.3 is 10.1 Å². The molecule has 4 rings (SSSR count). The van der Waals surface area contributed by atoms with E-state index in [2.05, 4.69) is 5.32 Å². The molecule has 0 radical (unpaired) electrons. The molecule has 1 fully saturated rings. The van der Waals surface area contributed by atoms with Crippen molar-refractivity contribution in [3.63, 3.8) is 0 Å². The fraction of sp³-hybridized carbons (Fsp3) is 0.115. The van der Waals surface area contributed by atoms with Gasteiger partial charge in [-0.25, -0.2) is 0 Å². The molecule has 35 heavy (non-hydrogen) atoms. The minimum atomic E-state index is -0.428. The highest BCUT2D eigenvalue weighted by Gasteiger charge is 2.35. The average Bonchev–Trinajstić information content (AvgIpc) is 3.06. The van der Waals surface area contributed by atoms with E-state index in [1.807, 2.05) is 25.1 Å². The number of nitrogens with zero attached hydrogens (tertiary/aromatic N) is 1. The summed E-state index contributed by atoms with van der Waals surface area (Å²) in [7, 11) is 0. The predicted molar refractivity (Wildman–Crippen MR) is 140 cm³/mol. The summed E-state index contributed by atoms with van der Waals surface area (Å²) in [5.41, 5.74) is 2.91. The molecule has 0 saturated carbocycles. The van der Waals surface area contributed by atoms with E-state index in [1.165, 1.54) is 0 Å². The summed E-state index contributed by atoms with van der Waals surface area (Å²) in [6.45, 7) is 1.80. The Balaban J connectivity index is 1.48. The summed E-state index contributed by atoms with van der Waals surface area (Å²) in [6.07, 6.45) is 1.54. The van der Waals surface area contributed by atoms with Crippen molar-refractivity contribution in [3.8, 4) is 5.75 Å². The van der Waals surface area contributed by atoms with Crippen molar-refractivity contribution in [2.45, 2.75) is 13.5 Å². The van der Waals surface area contributed by atoms with Crippen LogP contribution in [-0.4, -0.2) is 28.6 Å². The summed E-state index contributed by atoms with van der Waals surface area (Å²) >= 11 is 13.0. The lowest BCUT2D eigenvalue weighted by Crippen LogP contribution is -2.27. The predicted octanol–water partition coefficient (Wildman–Crippen LogP) is 6.56. The maximum atomic E-state index is 12.9. The van der Waals surface area contributed by atoms with Crippen molar-refractivity contribution >= 4 is 63.8 Å². The van der Waals surface area contributed by atoms with Crippen LogP contribution in [0.5, 0.6) is 5.75 Å². The van der Waals surface area contributed by atoms with E-state index in [9.17, 15) is 14.4 Å². The molecular weight excluding hydrogens is 507 g/mol. The van der Waals surface area contributed by atoms with E-state index in [4.69, 9.17) is 27.9 Å². The number of halogens is 2. The van der Waals surface area contributed by atoms with Crippen molar-refractivity contribution < 1.29 is 19.1 Å². The highest BCUT2D eigenvalue weighted by Crippen LogP contribution is 2.35. The van der Waals surface area contributed by atoms with Gasteiger partial charge in [0.25, 0.3) is 17.1 Å². The number of amides is 3. The van der Waals surface area contributed by atoms with Gasteiger partial charge in [0.05, 0.1) is 11.4 Å². The minimum Gasteiger partial charge on any atom is -0.483 e. The van der Waals surface area contributed by atoms with Gasteiger partial charge in [0.1, 0.15) is 5.75 Å². The number of nitrogens with one attached hydrogen (secondary N) is 1. The number of imide groups is 1. The number of carbonyl (C=O) groups excluding carboxylic acids is 3. The smallest absolute Gasteiger partial charge is 0.293 e. The number of carbonyl (C=O) groups is 3. The molecule has 0 unspecified atom stereocenters. The first-order chi connectivity index (χ1) is 16.8. The normalized spacial score (nSPS) is 14.5. The average molecular weight is 527 g/mol. The quantitative estimate of drug-likeness (QED) is 0.353. The van der Waals surface area contributed by atoms with Gasteiger partial charge in [-0.2, -0.15) is 0 Å². The molecule has 1 N–H and O–H groups in total. The number of thioether (sulfide) groups is 1. The molecule has 0 spiro atoms. The molecule has 3 aromatic carbocycles. The fourth-order valence-corrected chi connectivity index (χ4v) is 4.64. The molecule has 1 heterocycles. The van der Waals surface area contributed by atoms with Crippen LogP contribution in [-0.2, 0) is 16.1 Å². The molecule has 3 aromatic rings. The minimum absolute atomic E-state index is 0.112. The topological polar surface area (TPSA) is 75.7 Å². The summed E-state index contributed by atoms with van der Waals surface area (Å²) in [5, 5.41) is 3.34. The second-order valence-electron chi connectivity index (χ2n) is 7.79. The maximum Gasteiger partial charge on any atom is 0.293 e. The van der Waals surface area contributed by atoms with Crippen LogP contribution in [0.1, 0.15) is 16.7 Å². The molecule has 1 saturated heterocycles. The molecule has 1 aliphatic rings. The molecule has 0 bridgehead atoms. The molecular formula is C26H20Cl2N2O4S. The largest absolute Gasteiger partial charge is 0.483 e. The summed E-state index contributed by atoms with van der Waals surface area (Å²) in [5.74, 6) is -0.406. The Bertz CT molecular complexity index is 1340. The Hall–Kier alpha value is -3.26. The zero-order chi connectivity index (χ0) is 24.9. The van der Waals surface area contributed by atoms with Gasteiger partial charge in [-0.1, -0.05) is 47.5 Å². The Morgan fingerprint density at radius 2 is 1.80 bits per heavy atom. The molecule has 178 valence electrons. The fourth-order valence-electron chi connectivity index (χ4n) is 3.42. The van der Waals surface area contributed by atoms with Gasteiger partial charge >= 0.3 is 0 Å². The van der Waals surface area contributed by atoms with Crippen molar-refractivity contribution in [3.05, 3.63) is 98.4 Å². The van der Waals surface area contributed by atoms with Crippen LogP contribution in [0.3, 0.4) is 0 Å². The summed E-state index contributed by atoms with van der Waals surface area (Å²) in [6, 6.07) is 19.3. The van der Waals surface area contributed by atoms with Gasteiger partial charge in [0.15, 0.2) is 6.61 Å². The molecule has 3 amide bonds. The van der Waals surface area contributed by atoms with E-state index < -0.39 is 5.91 Å². The van der Waals surface area contributed by atoms with Gasteiger partial charge in [-0.15, -0.1) is 0 Å². The van der Waals surface area contributed by atoms with Gasteiger partial charge in [0.2, 0.25) is 0 Å². The Morgan fingerprint density at radius 1 is 1.03 bits per heavy atom. The van der Waals surface area contributed by atoms with E-state index in [0.29, 0.717) is 27.0 Å². The SMILES string of the molecule is Cc1cccc(NC(=O)COc2ccc(Cl)cc2/C=C2\SC(=O)N(Cc3cccc(Cl)c3)C2=O)c1. The molecule has 1 aliphatic heterocycles. The lowest BCUT2D eigenvalue weighted by molar-refractivity contribution is -0.123. The van der Waals surface area contributed by atoms with Crippen LogP contribution in [0.15, 0.2) is 71.6 Å². The van der Waals surface area contributed by atoms with Crippen LogP contribution >= 0.6 is 35.0 Å². The Morgan fingerprint density at radius 3 is 2.57 bits per heavy atom. The van der Waals surface area contributed by atoms with E-state index >= 15 is 0 Å². The Labute approximate surface area is 216 Å². The van der Waals surface area contributed by atoms with Crippen LogP contribution in [0.2, 0.25) is 10.0 Å². The van der Waals surface area contributed by atoms with Gasteiger partial charge in [-0.3, -0.25) is 19.3 Å². The number of anilines is 1. The lowest BCUT2D eigenvalue weighted by Gasteiger charge is -2.13. The standard InChI is InChI=1S/C26H20Cl2N2O4S/c1-16-4-2-7-21(10-16)29-24(31)15-34-22-9-8-20(28)12-18(22)13-23-25(32)30(26(33)35-23)14-17-5-3-6-19(27)11-17/h2-13H,14-15H2,1H3,(H,29,31)/b23-13-. The van der Waals surface area contributed by atoms with Crippen molar-refractivity contribution in [2.24, 2.45) is 0 Å². The molecule has 0 aromatic heterocycles. The number of hydrogen-bond acceptors (Lipinski definition) is 5. The summed E-state index contributed by atoms with van der Waals surface area (Å²) < 4.78 is 5.72. The first-order valence-corrected chi connectivity index (χ1v) is 12.1. The highest BCUT2D eigenvalue weighted by atomic mass is 35.5. The third-order valence-electron chi connectivity index (χ3n) is 5.02. The van der Waals surface area contributed by atoms with Crippen molar-refractivity contribution in [1.82, 2.24) is 4.90 Å². The van der Waals surface area contributed by atoms with E-state index in [0.717, 1.165) is 27.8 Å². The zero-order valence-corrected chi connectivity index (χ0v) is 20.9. The number of rotatable bonds is 7. The molecule has 9 heteroatoms. The zero-order valence-electron chi connectivity index (χ0n) is 18.6. The van der Waals surface area contributed by atoms with E-state index in [-0.39, 0.29) is 29.2 Å². The maximum absolute atomic E-state index is 12.9. The molecule has 0 atom stereocenters. The van der Waals surface area contributed by atoms with Crippen LogP contribution in [0.25, 0.3) is 6.08 Å². The summed E-state index contributed by atoms with van der Waals surface area (Å²) in [4.78, 5) is 39.2. The van der Waals surface area contributed by atoms with Crippen LogP contribution < -0.4 is 10.1 Å². The number of aryl methyl sites for hydroxylation is 1. The molecule has 6 nitrogen and oxygen atoms in total. The molecule has 0 aliphatic carbocycles. The highest BCUT2D eigenvalue weighted by molar-refractivity contribution is 8.18. The monoisotopic (exact) mass is 526 g/mol. The number of hydrogen-bond donors (Lipinski definition) is 1. The third kappa shape index (κ3) is 6.45. The van der Waals surface area contributed by atoms with Crippen LogP contribution in [0, 0.1) is 6.92 Å². The van der Waals surface area contributed by atoms with E-state index in [1.54, 1.807) is 54.6 Å². The second kappa shape index (κ2) is 11.0. The Kier molecular flexibility index (Phi) is 7.80. The number of ether oxygens (including phenoxy) is 1. The first kappa shape index (κ1) is 24.9. The van der Waals surface area contributed by atoms with Gasteiger partial charge in [-0.05, 0) is 78.4 Å². The first-order valence-electron chi connectivity index (χ1n) is 10.6. The lowest BCUT2D eigenvalue weighted by atomic mass is 10.1. The second-order valence-corrected chi connectivity index (χ2v) is 9.65.